The maximum absolute atomic E-state index is 3.74. The standard InChI is InChI=1S/C6H13.C2H3.Mg/c1-3-5-6-4-2;1-2;/h1,3-6H2,2H3;1H,2H2;. The van der Waals surface area contributed by atoms with Crippen molar-refractivity contribution >= 4 is 20.4 Å². The van der Waals surface area contributed by atoms with E-state index in [1.165, 1.54) is 30.2 Å². The summed E-state index contributed by atoms with van der Waals surface area (Å²) in [6, 6.07) is 0. The molecule has 0 fully saturated rings. The zero-order valence-corrected chi connectivity index (χ0v) is 7.94. The van der Waals surface area contributed by atoms with Gasteiger partial charge in [-0.3, -0.25) is 0 Å². The highest BCUT2D eigenvalue weighted by molar-refractivity contribution is 6.41. The Morgan fingerprint density at radius 1 is 1.33 bits per heavy atom. The lowest BCUT2D eigenvalue weighted by Crippen LogP contribution is -1.82. The molecule has 1 heteroatoms. The summed E-state index contributed by atoms with van der Waals surface area (Å²) in [6.45, 7) is 6.00. The van der Waals surface area contributed by atoms with Crippen LogP contribution in [0.3, 0.4) is 0 Å². The molecular weight excluding hydrogens is 120 g/mol. The van der Waals surface area contributed by atoms with Crippen molar-refractivity contribution in [1.82, 2.24) is 0 Å². The fraction of sp³-hybridized carbons (Fsp3) is 0.750. The van der Waals surface area contributed by atoms with Gasteiger partial charge >= 0.3 is 20.4 Å². The molecule has 0 radical (unpaired) electrons. The molecule has 0 aromatic rings. The second kappa shape index (κ2) is 8.51. The van der Waals surface area contributed by atoms with Crippen molar-refractivity contribution in [3.63, 3.8) is 0 Å². The average molecular weight is 137 g/mol. The average Bonchev–Trinajstić information content (AvgIpc) is 1.89. The van der Waals surface area contributed by atoms with Crippen LogP contribution >= 0.6 is 0 Å². The van der Waals surface area contributed by atoms with Gasteiger partial charge in [0.1, 0.15) is 0 Å². The van der Waals surface area contributed by atoms with Crippen LogP contribution in [0.1, 0.15) is 32.6 Å². The minimum atomic E-state index is 0.158. The van der Waals surface area contributed by atoms with Gasteiger partial charge < -0.3 is 0 Å². The minimum Gasteiger partial charge on any atom is -0.214 e. The second-order valence-electron chi connectivity index (χ2n) is 2.49. The zero-order chi connectivity index (χ0) is 6.95. The van der Waals surface area contributed by atoms with Crippen molar-refractivity contribution < 1.29 is 0 Å². The molecule has 0 saturated carbocycles. The van der Waals surface area contributed by atoms with Gasteiger partial charge in [-0.15, -0.1) is 11.1 Å². The fourth-order valence-corrected chi connectivity index (χ4v) is 1.82. The second-order valence-corrected chi connectivity index (χ2v) is 4.35. The van der Waals surface area contributed by atoms with E-state index in [2.05, 4.69) is 17.7 Å². The van der Waals surface area contributed by atoms with Gasteiger partial charge in [0.05, 0.1) is 0 Å². The van der Waals surface area contributed by atoms with Gasteiger partial charge in [0.15, 0.2) is 0 Å². The summed E-state index contributed by atoms with van der Waals surface area (Å²) in [4.78, 5) is 0. The predicted molar refractivity (Wildman–Crippen MR) is 44.9 cm³/mol. The van der Waals surface area contributed by atoms with Crippen molar-refractivity contribution in [1.29, 1.82) is 0 Å². The Labute approximate surface area is 68.4 Å². The quantitative estimate of drug-likeness (QED) is 0.389. The summed E-state index contributed by atoms with van der Waals surface area (Å²) in [7, 11) is 0. The van der Waals surface area contributed by atoms with Crippen LogP contribution in [0.4, 0.5) is 0 Å². The van der Waals surface area contributed by atoms with E-state index < -0.39 is 0 Å². The highest BCUT2D eigenvalue weighted by Gasteiger charge is 1.88. The van der Waals surface area contributed by atoms with Gasteiger partial charge in [0, 0.05) is 0 Å². The monoisotopic (exact) mass is 136 g/mol. The normalized spacial score (nSPS) is 8.56. The van der Waals surface area contributed by atoms with Crippen LogP contribution in [0.25, 0.3) is 0 Å². The van der Waals surface area contributed by atoms with Crippen molar-refractivity contribution in [3.8, 4) is 0 Å². The van der Waals surface area contributed by atoms with Crippen LogP contribution < -0.4 is 0 Å². The minimum absolute atomic E-state index is 0.158. The van der Waals surface area contributed by atoms with E-state index in [9.17, 15) is 0 Å². The van der Waals surface area contributed by atoms with E-state index in [4.69, 9.17) is 0 Å². The van der Waals surface area contributed by atoms with E-state index in [0.717, 1.165) is 0 Å². The van der Waals surface area contributed by atoms with Gasteiger partial charge in [-0.2, -0.15) is 0 Å². The Morgan fingerprint density at radius 3 is 2.67 bits per heavy atom. The molecule has 0 aliphatic rings. The summed E-state index contributed by atoms with van der Waals surface area (Å²) in [6.07, 6.45) is 5.67. The molecule has 0 amide bonds. The van der Waals surface area contributed by atoms with E-state index >= 15 is 0 Å². The molecule has 0 aromatic carbocycles. The van der Waals surface area contributed by atoms with Gasteiger partial charge in [0.25, 0.3) is 0 Å². The van der Waals surface area contributed by atoms with Crippen LogP contribution in [0.15, 0.2) is 10.8 Å². The lowest BCUT2D eigenvalue weighted by molar-refractivity contribution is 0.701. The molecule has 50 valence electrons. The van der Waals surface area contributed by atoms with E-state index in [1.807, 2.05) is 0 Å². The Balaban J connectivity index is 2.66. The van der Waals surface area contributed by atoms with Crippen LogP contribution in [-0.4, -0.2) is 20.4 Å². The van der Waals surface area contributed by atoms with Gasteiger partial charge in [-0.25, -0.2) is 4.21 Å². The number of unbranched alkanes of at least 4 members (excludes halogenated alkanes) is 3. The summed E-state index contributed by atoms with van der Waals surface area (Å²) in [5.41, 5.74) is 0. The summed E-state index contributed by atoms with van der Waals surface area (Å²) in [5.74, 6) is 0. The topological polar surface area (TPSA) is 0 Å². The summed E-state index contributed by atoms with van der Waals surface area (Å²) in [5, 5.41) is 0. The molecule has 0 saturated heterocycles. The van der Waals surface area contributed by atoms with E-state index in [0.29, 0.717) is 0 Å². The first-order valence-electron chi connectivity index (χ1n) is 4.02. The molecule has 0 N–H and O–H groups in total. The molecule has 0 heterocycles. The van der Waals surface area contributed by atoms with Crippen LogP contribution in [0, 0.1) is 0 Å². The fourth-order valence-electron chi connectivity index (χ4n) is 0.892. The smallest absolute Gasteiger partial charge is 0.214 e. The zero-order valence-electron chi connectivity index (χ0n) is 6.53. The first-order valence-corrected chi connectivity index (χ1v) is 5.84. The lowest BCUT2D eigenvalue weighted by Gasteiger charge is -1.93. The van der Waals surface area contributed by atoms with E-state index in [1.54, 1.807) is 0 Å². The van der Waals surface area contributed by atoms with Crippen LogP contribution in [0.5, 0.6) is 0 Å². The molecule has 0 aromatic heterocycles. The Kier molecular flexibility index (Phi) is 8.98. The first kappa shape index (κ1) is 9.51. The molecular formula is C8H16Mg. The highest BCUT2D eigenvalue weighted by Crippen LogP contribution is 2.01. The largest absolute Gasteiger partial charge is 0.395 e. The number of hydrogen-bond acceptors (Lipinski definition) is 0. The number of rotatable bonds is 6. The van der Waals surface area contributed by atoms with Crippen molar-refractivity contribution in [2.75, 3.05) is 0 Å². The molecule has 0 atom stereocenters. The Hall–Kier alpha value is 0.506. The molecule has 0 bridgehead atoms. The lowest BCUT2D eigenvalue weighted by atomic mass is 10.2. The maximum atomic E-state index is 3.74. The molecule has 0 rings (SSSR count). The van der Waals surface area contributed by atoms with Crippen molar-refractivity contribution in [2.45, 2.75) is 37.2 Å². The molecule has 0 spiro atoms. The Morgan fingerprint density at radius 2 is 2.11 bits per heavy atom. The Bertz CT molecular complexity index is 59.6. The van der Waals surface area contributed by atoms with E-state index in [-0.39, 0.29) is 20.4 Å². The van der Waals surface area contributed by atoms with Gasteiger partial charge in [0.2, 0.25) is 0 Å². The van der Waals surface area contributed by atoms with Gasteiger partial charge in [-0.05, 0) is 0 Å². The molecule has 0 nitrogen and oxygen atoms in total. The van der Waals surface area contributed by atoms with Crippen molar-refractivity contribution in [3.05, 3.63) is 10.8 Å². The third-order valence-corrected chi connectivity index (χ3v) is 2.83. The molecule has 0 unspecified atom stereocenters. The number of hydrogen-bond donors (Lipinski definition) is 0. The molecule has 0 aliphatic carbocycles. The molecule has 0 aliphatic heterocycles. The predicted octanol–water partition coefficient (Wildman–Crippen LogP) is 2.83. The van der Waals surface area contributed by atoms with Crippen LogP contribution in [-0.2, 0) is 0 Å². The third kappa shape index (κ3) is 8.51. The SMILES string of the molecule is C=[CH][Mg][CH2]CCCCC. The first-order chi connectivity index (χ1) is 4.41. The maximum Gasteiger partial charge on any atom is 0.395 e. The van der Waals surface area contributed by atoms with Crippen LogP contribution in [0.2, 0.25) is 4.55 Å². The summed E-state index contributed by atoms with van der Waals surface area (Å²) >= 11 is 0.158. The van der Waals surface area contributed by atoms with Gasteiger partial charge in [-0.1, -0.05) is 32.6 Å². The van der Waals surface area contributed by atoms with Crippen molar-refractivity contribution in [2.24, 2.45) is 0 Å². The highest BCUT2D eigenvalue weighted by atomic mass is 24.5. The molecule has 9 heavy (non-hydrogen) atoms. The summed E-state index contributed by atoms with van der Waals surface area (Å²) < 4.78 is 3.62. The third-order valence-electron chi connectivity index (χ3n) is 1.51.